The fraction of sp³-hybridized carbons (Fsp3) is 0.250. The van der Waals surface area contributed by atoms with Gasteiger partial charge in [0, 0.05) is 11.8 Å². The molecule has 0 bridgehead atoms. The molecular formula is C8H14N4. The quantitative estimate of drug-likeness (QED) is 0.549. The second kappa shape index (κ2) is 5.12. The Labute approximate surface area is 72.1 Å². The standard InChI is InChI=1S/C6H8N4.C2H6/c7-2-4-1-5(8)3-10-6(4)9;1-2/h1-3,7H,8H2,(H2,9,10);1-2H3. The Morgan fingerprint density at radius 1 is 1.42 bits per heavy atom. The highest BCUT2D eigenvalue weighted by molar-refractivity contribution is 5.84. The second-order valence-electron chi connectivity index (χ2n) is 1.89. The molecule has 4 nitrogen and oxygen atoms in total. The highest BCUT2D eigenvalue weighted by Crippen LogP contribution is 2.08. The van der Waals surface area contributed by atoms with Crippen LogP contribution in [0.25, 0.3) is 0 Å². The van der Waals surface area contributed by atoms with Crippen LogP contribution in [0, 0.1) is 5.41 Å². The van der Waals surface area contributed by atoms with Crippen molar-refractivity contribution >= 4 is 17.7 Å². The number of hydrogen-bond donors (Lipinski definition) is 3. The normalized spacial score (nSPS) is 8.17. The first-order valence-electron chi connectivity index (χ1n) is 3.75. The van der Waals surface area contributed by atoms with Gasteiger partial charge in [-0.3, -0.25) is 0 Å². The van der Waals surface area contributed by atoms with Crippen molar-refractivity contribution in [3.8, 4) is 0 Å². The van der Waals surface area contributed by atoms with Gasteiger partial charge in [0.25, 0.3) is 0 Å². The Balaban J connectivity index is 0.000000561. The maximum Gasteiger partial charge on any atom is 0.132 e. The molecule has 1 heterocycles. The molecule has 0 saturated heterocycles. The molecule has 12 heavy (non-hydrogen) atoms. The van der Waals surface area contributed by atoms with Gasteiger partial charge in [-0.15, -0.1) is 0 Å². The Morgan fingerprint density at radius 2 is 2.00 bits per heavy atom. The molecule has 0 saturated carbocycles. The number of nitrogen functional groups attached to an aromatic ring is 2. The Bertz CT molecular complexity index is 257. The van der Waals surface area contributed by atoms with Crippen LogP contribution in [-0.4, -0.2) is 11.2 Å². The number of anilines is 2. The molecule has 0 amide bonds. The zero-order valence-corrected chi connectivity index (χ0v) is 7.33. The third-order valence-corrected chi connectivity index (χ3v) is 1.13. The number of aromatic nitrogens is 1. The first-order valence-corrected chi connectivity index (χ1v) is 3.75. The van der Waals surface area contributed by atoms with Crippen molar-refractivity contribution in [2.24, 2.45) is 0 Å². The molecular weight excluding hydrogens is 152 g/mol. The average Bonchev–Trinajstić information content (AvgIpc) is 2.13. The first kappa shape index (κ1) is 10.4. The van der Waals surface area contributed by atoms with Crippen molar-refractivity contribution in [3.05, 3.63) is 17.8 Å². The van der Waals surface area contributed by atoms with Crippen molar-refractivity contribution < 1.29 is 0 Å². The molecule has 1 rings (SSSR count). The molecule has 0 aliphatic heterocycles. The monoisotopic (exact) mass is 166 g/mol. The fourth-order valence-electron chi connectivity index (χ4n) is 0.625. The lowest BCUT2D eigenvalue weighted by atomic mass is 10.2. The maximum atomic E-state index is 6.88. The van der Waals surface area contributed by atoms with Gasteiger partial charge in [-0.05, 0) is 6.07 Å². The average molecular weight is 166 g/mol. The van der Waals surface area contributed by atoms with Gasteiger partial charge in [0.05, 0.1) is 11.9 Å². The van der Waals surface area contributed by atoms with Gasteiger partial charge in [-0.25, -0.2) is 4.98 Å². The maximum absolute atomic E-state index is 6.88. The Morgan fingerprint density at radius 3 is 2.42 bits per heavy atom. The highest BCUT2D eigenvalue weighted by Gasteiger charge is 1.95. The topological polar surface area (TPSA) is 88.8 Å². The highest BCUT2D eigenvalue weighted by atomic mass is 14.8. The molecule has 1 aromatic rings. The smallest absolute Gasteiger partial charge is 0.132 e. The van der Waals surface area contributed by atoms with Crippen molar-refractivity contribution in [2.45, 2.75) is 13.8 Å². The van der Waals surface area contributed by atoms with E-state index in [4.69, 9.17) is 16.9 Å². The van der Waals surface area contributed by atoms with Crippen LogP contribution in [0.1, 0.15) is 19.4 Å². The summed E-state index contributed by atoms with van der Waals surface area (Å²) >= 11 is 0. The van der Waals surface area contributed by atoms with Gasteiger partial charge >= 0.3 is 0 Å². The van der Waals surface area contributed by atoms with Crippen LogP contribution in [0.4, 0.5) is 11.5 Å². The van der Waals surface area contributed by atoms with Gasteiger partial charge in [-0.2, -0.15) is 0 Å². The lowest BCUT2D eigenvalue weighted by Gasteiger charge is -1.97. The number of hydrogen-bond acceptors (Lipinski definition) is 4. The number of nitrogens with one attached hydrogen (secondary N) is 1. The summed E-state index contributed by atoms with van der Waals surface area (Å²) in [6.07, 6.45) is 2.58. The van der Waals surface area contributed by atoms with Crippen LogP contribution in [0.15, 0.2) is 12.3 Å². The minimum Gasteiger partial charge on any atom is -0.397 e. The summed E-state index contributed by atoms with van der Waals surface area (Å²) in [4.78, 5) is 3.75. The summed E-state index contributed by atoms with van der Waals surface area (Å²) in [6, 6.07) is 1.61. The van der Waals surface area contributed by atoms with Crippen molar-refractivity contribution in [1.29, 1.82) is 5.41 Å². The second-order valence-corrected chi connectivity index (χ2v) is 1.89. The van der Waals surface area contributed by atoms with E-state index in [9.17, 15) is 0 Å². The van der Waals surface area contributed by atoms with Crippen molar-refractivity contribution in [1.82, 2.24) is 4.98 Å². The minimum absolute atomic E-state index is 0.337. The molecule has 4 heteroatoms. The van der Waals surface area contributed by atoms with E-state index in [0.717, 1.165) is 6.21 Å². The number of rotatable bonds is 1. The molecule has 1 aromatic heterocycles. The van der Waals surface area contributed by atoms with Crippen molar-refractivity contribution in [3.63, 3.8) is 0 Å². The first-order chi connectivity index (χ1) is 5.74. The van der Waals surface area contributed by atoms with Crippen molar-refractivity contribution in [2.75, 3.05) is 11.5 Å². The number of nitrogens with zero attached hydrogens (tertiary/aromatic N) is 1. The summed E-state index contributed by atoms with van der Waals surface area (Å²) in [6.45, 7) is 4.00. The SMILES string of the molecule is CC.N=Cc1cc(N)cnc1N. The summed E-state index contributed by atoms with van der Waals surface area (Å²) in [5.41, 5.74) is 11.8. The van der Waals surface area contributed by atoms with Gasteiger partial charge in [0.15, 0.2) is 0 Å². The van der Waals surface area contributed by atoms with Crippen LogP contribution in [0.2, 0.25) is 0 Å². The largest absolute Gasteiger partial charge is 0.397 e. The number of pyridine rings is 1. The van der Waals surface area contributed by atoms with E-state index in [0.29, 0.717) is 17.1 Å². The predicted octanol–water partition coefficient (Wildman–Crippen LogP) is 1.27. The van der Waals surface area contributed by atoms with Crippen LogP contribution >= 0.6 is 0 Å². The van der Waals surface area contributed by atoms with Crippen LogP contribution in [0.5, 0.6) is 0 Å². The molecule has 0 fully saturated rings. The Kier molecular flexibility index (Phi) is 4.45. The van der Waals surface area contributed by atoms with E-state index in [-0.39, 0.29) is 0 Å². The molecule has 0 aromatic carbocycles. The molecule has 0 radical (unpaired) electrons. The van der Waals surface area contributed by atoms with E-state index in [2.05, 4.69) is 4.98 Å². The zero-order chi connectivity index (χ0) is 9.56. The molecule has 66 valence electrons. The summed E-state index contributed by atoms with van der Waals surface area (Å²) in [7, 11) is 0. The lowest BCUT2D eigenvalue weighted by molar-refractivity contribution is 1.33. The molecule has 0 aliphatic rings. The molecule has 0 aliphatic carbocycles. The predicted molar refractivity (Wildman–Crippen MR) is 52.3 cm³/mol. The fourth-order valence-corrected chi connectivity index (χ4v) is 0.625. The van der Waals surface area contributed by atoms with Crippen LogP contribution in [-0.2, 0) is 0 Å². The minimum atomic E-state index is 0.337. The number of nitrogens with two attached hydrogens (primary N) is 2. The summed E-state index contributed by atoms with van der Waals surface area (Å²) in [5, 5.41) is 6.88. The zero-order valence-electron chi connectivity index (χ0n) is 7.33. The molecule has 0 atom stereocenters. The Hall–Kier alpha value is -1.58. The van der Waals surface area contributed by atoms with E-state index < -0.39 is 0 Å². The molecule has 0 spiro atoms. The van der Waals surface area contributed by atoms with E-state index >= 15 is 0 Å². The van der Waals surface area contributed by atoms with Gasteiger partial charge in [-0.1, -0.05) is 13.8 Å². The van der Waals surface area contributed by atoms with E-state index in [1.54, 1.807) is 6.07 Å². The van der Waals surface area contributed by atoms with E-state index in [1.165, 1.54) is 6.20 Å². The van der Waals surface area contributed by atoms with E-state index in [1.807, 2.05) is 13.8 Å². The lowest BCUT2D eigenvalue weighted by Crippen LogP contribution is -1.98. The van der Waals surface area contributed by atoms with Gasteiger partial charge < -0.3 is 16.9 Å². The molecule has 0 unspecified atom stereocenters. The third-order valence-electron chi connectivity index (χ3n) is 1.13. The van der Waals surface area contributed by atoms with Crippen LogP contribution < -0.4 is 11.5 Å². The summed E-state index contributed by atoms with van der Waals surface area (Å²) in [5.74, 6) is 0.337. The molecule has 5 N–H and O–H groups in total. The third kappa shape index (κ3) is 2.57. The summed E-state index contributed by atoms with van der Waals surface area (Å²) < 4.78 is 0. The van der Waals surface area contributed by atoms with Crippen LogP contribution in [0.3, 0.4) is 0 Å². The van der Waals surface area contributed by atoms with Gasteiger partial charge in [0.2, 0.25) is 0 Å². The van der Waals surface area contributed by atoms with Gasteiger partial charge in [0.1, 0.15) is 5.82 Å².